The van der Waals surface area contributed by atoms with E-state index in [-0.39, 0.29) is 0 Å². The van der Waals surface area contributed by atoms with Gasteiger partial charge in [-0.2, -0.15) is 0 Å². The Hall–Kier alpha value is -5.46. The van der Waals surface area contributed by atoms with Crippen LogP contribution < -0.4 is 14.7 Å². The Morgan fingerprint density at radius 1 is 0.511 bits per heavy atom. The van der Waals surface area contributed by atoms with Gasteiger partial charge in [-0.25, -0.2) is 9.69 Å². The molecule has 0 saturated heterocycles. The summed E-state index contributed by atoms with van der Waals surface area (Å²) in [7, 11) is 0. The Morgan fingerprint density at radius 2 is 0.851 bits per heavy atom. The molecule has 6 aromatic carbocycles. The van der Waals surface area contributed by atoms with Crippen LogP contribution in [0.15, 0.2) is 168 Å². The van der Waals surface area contributed by atoms with Gasteiger partial charge >= 0.3 is 6.09 Å². The summed E-state index contributed by atoms with van der Waals surface area (Å²) in [6.45, 7) is 5.69. The van der Waals surface area contributed by atoms with Crippen molar-refractivity contribution in [3.63, 3.8) is 0 Å². The monoisotopic (exact) mass is 633 g/mol. The molecule has 1 heterocycles. The molecule has 1 amide bonds. The highest BCUT2D eigenvalue weighted by molar-refractivity contribution is 7.99. The minimum absolute atomic E-state index is 0.410. The Labute approximate surface area is 280 Å². The number of benzene rings is 6. The minimum Gasteiger partial charge on any atom is -0.443 e. The van der Waals surface area contributed by atoms with E-state index in [1.165, 1.54) is 0 Å². The van der Waals surface area contributed by atoms with Crippen LogP contribution >= 0.6 is 11.8 Å². The summed E-state index contributed by atoms with van der Waals surface area (Å²) in [4.78, 5) is 22.0. The van der Waals surface area contributed by atoms with Gasteiger partial charge in [0.1, 0.15) is 5.60 Å². The van der Waals surface area contributed by atoms with Gasteiger partial charge < -0.3 is 14.5 Å². The quantitative estimate of drug-likeness (QED) is 0.182. The Kier molecular flexibility index (Phi) is 8.19. The SMILES string of the molecule is CC(C)(C)OC(=O)N1c2ccc(N(c3ccccc3)c3ccccc3)cc2Sc2cc(N(c3ccccc3)c3ccccc3)ccc21. The largest absolute Gasteiger partial charge is 0.443 e. The third-order valence-electron chi connectivity index (χ3n) is 7.74. The lowest BCUT2D eigenvalue weighted by atomic mass is 10.1. The van der Waals surface area contributed by atoms with Crippen LogP contribution in [0.3, 0.4) is 0 Å². The highest BCUT2D eigenvalue weighted by atomic mass is 32.2. The fourth-order valence-corrected chi connectivity index (χ4v) is 6.90. The van der Waals surface area contributed by atoms with E-state index in [2.05, 4.69) is 82.6 Å². The molecule has 7 rings (SSSR count). The summed E-state index contributed by atoms with van der Waals surface area (Å²) in [6.07, 6.45) is -0.410. The maximum Gasteiger partial charge on any atom is 0.419 e. The van der Waals surface area contributed by atoms with Crippen molar-refractivity contribution in [2.75, 3.05) is 14.7 Å². The standard InChI is InChI=1S/C41H35N3O2S/c1-41(2,3)46-40(45)44-36-26-24-34(42(30-16-8-4-9-17-30)31-18-10-5-11-19-31)28-38(36)47-39-29-35(25-27-37(39)44)43(32-20-12-6-13-21-32)33-22-14-7-15-23-33/h4-29H,1-3H3. The average Bonchev–Trinajstić information content (AvgIpc) is 3.08. The second-order valence-electron chi connectivity index (χ2n) is 12.2. The predicted molar refractivity (Wildman–Crippen MR) is 195 cm³/mol. The smallest absolute Gasteiger partial charge is 0.419 e. The van der Waals surface area contributed by atoms with Crippen molar-refractivity contribution in [2.24, 2.45) is 0 Å². The van der Waals surface area contributed by atoms with E-state index in [1.54, 1.807) is 16.7 Å². The number of amides is 1. The summed E-state index contributed by atoms with van der Waals surface area (Å²) in [5, 5.41) is 0. The lowest BCUT2D eigenvalue weighted by molar-refractivity contribution is 0.0597. The molecule has 0 atom stereocenters. The average molecular weight is 634 g/mol. The molecule has 0 radical (unpaired) electrons. The first-order valence-electron chi connectivity index (χ1n) is 15.7. The molecule has 0 spiro atoms. The molecule has 1 aliphatic heterocycles. The van der Waals surface area contributed by atoms with Crippen molar-refractivity contribution in [2.45, 2.75) is 36.2 Å². The van der Waals surface area contributed by atoms with Crippen LogP contribution in [-0.4, -0.2) is 11.7 Å². The van der Waals surface area contributed by atoms with Crippen molar-refractivity contribution in [1.82, 2.24) is 0 Å². The number of hydrogen-bond acceptors (Lipinski definition) is 5. The highest BCUT2D eigenvalue weighted by Crippen LogP contribution is 2.52. The molecule has 0 aromatic heterocycles. The molecule has 6 heteroatoms. The molecule has 6 aromatic rings. The second kappa shape index (κ2) is 12.7. The van der Waals surface area contributed by atoms with E-state index in [9.17, 15) is 4.79 Å². The number of rotatable bonds is 6. The summed E-state index contributed by atoms with van der Waals surface area (Å²) in [5.41, 5.74) is 7.10. The van der Waals surface area contributed by atoms with Gasteiger partial charge in [0.25, 0.3) is 0 Å². The minimum atomic E-state index is -0.656. The number of fused-ring (bicyclic) bond motifs is 2. The topological polar surface area (TPSA) is 36.0 Å². The fraction of sp³-hybridized carbons (Fsp3) is 0.0976. The number of hydrogen-bond donors (Lipinski definition) is 0. The van der Waals surface area contributed by atoms with Gasteiger partial charge in [0.2, 0.25) is 0 Å². The van der Waals surface area contributed by atoms with E-state index in [1.807, 2.05) is 106 Å². The van der Waals surface area contributed by atoms with Gasteiger partial charge in [-0.05, 0) is 106 Å². The first kappa shape index (κ1) is 30.2. The zero-order valence-electron chi connectivity index (χ0n) is 26.6. The van der Waals surface area contributed by atoms with Crippen molar-refractivity contribution in [1.29, 1.82) is 0 Å². The Balaban J connectivity index is 1.37. The fourth-order valence-electron chi connectivity index (χ4n) is 5.77. The molecule has 1 aliphatic rings. The molecule has 0 saturated carbocycles. The van der Waals surface area contributed by atoms with E-state index < -0.39 is 11.7 Å². The molecule has 0 aliphatic carbocycles. The van der Waals surface area contributed by atoms with Crippen LogP contribution in [0.25, 0.3) is 0 Å². The molecule has 232 valence electrons. The molecule has 0 unspecified atom stereocenters. The second-order valence-corrected chi connectivity index (χ2v) is 13.3. The number of anilines is 8. The van der Waals surface area contributed by atoms with E-state index in [0.717, 1.165) is 55.3 Å². The summed E-state index contributed by atoms with van der Waals surface area (Å²) in [6, 6.07) is 53.9. The van der Waals surface area contributed by atoms with Crippen molar-refractivity contribution < 1.29 is 9.53 Å². The maximum atomic E-state index is 13.9. The lowest BCUT2D eigenvalue weighted by Gasteiger charge is -2.35. The molecule has 5 nitrogen and oxygen atoms in total. The molecule has 0 fully saturated rings. The third kappa shape index (κ3) is 6.33. The number of carbonyl (C=O) groups is 1. The van der Waals surface area contributed by atoms with Crippen LogP contribution in [0.2, 0.25) is 0 Å². The van der Waals surface area contributed by atoms with Gasteiger partial charge in [-0.15, -0.1) is 0 Å². The van der Waals surface area contributed by atoms with Crippen LogP contribution in [0.5, 0.6) is 0 Å². The molecule has 0 N–H and O–H groups in total. The van der Waals surface area contributed by atoms with Crippen molar-refractivity contribution >= 4 is 63.4 Å². The molecule has 47 heavy (non-hydrogen) atoms. The number of ether oxygens (including phenoxy) is 1. The first-order chi connectivity index (χ1) is 22.9. The van der Waals surface area contributed by atoms with Crippen molar-refractivity contribution in [3.8, 4) is 0 Å². The maximum absolute atomic E-state index is 13.9. The first-order valence-corrected chi connectivity index (χ1v) is 16.5. The van der Waals surface area contributed by atoms with Gasteiger partial charge in [-0.1, -0.05) is 84.6 Å². The zero-order valence-corrected chi connectivity index (χ0v) is 27.4. The van der Waals surface area contributed by atoms with E-state index >= 15 is 0 Å². The van der Waals surface area contributed by atoms with Gasteiger partial charge in [0, 0.05) is 43.9 Å². The molecular formula is C41H35N3O2S. The summed E-state index contributed by atoms with van der Waals surface area (Å²) in [5.74, 6) is 0. The third-order valence-corrected chi connectivity index (χ3v) is 8.83. The zero-order chi connectivity index (χ0) is 32.4. The summed E-state index contributed by atoms with van der Waals surface area (Å²) < 4.78 is 5.98. The Morgan fingerprint density at radius 3 is 1.17 bits per heavy atom. The van der Waals surface area contributed by atoms with Gasteiger partial charge in [0.05, 0.1) is 11.4 Å². The lowest BCUT2D eigenvalue weighted by Crippen LogP contribution is -2.35. The van der Waals surface area contributed by atoms with Crippen LogP contribution in [0.1, 0.15) is 20.8 Å². The number of carbonyl (C=O) groups excluding carboxylic acids is 1. The van der Waals surface area contributed by atoms with E-state index in [0.29, 0.717) is 0 Å². The van der Waals surface area contributed by atoms with Crippen molar-refractivity contribution in [3.05, 3.63) is 158 Å². The highest BCUT2D eigenvalue weighted by Gasteiger charge is 2.33. The Bertz CT molecular complexity index is 1780. The molecular weight excluding hydrogens is 599 g/mol. The number of nitrogens with zero attached hydrogens (tertiary/aromatic N) is 3. The number of para-hydroxylation sites is 4. The normalized spacial score (nSPS) is 12.1. The van der Waals surface area contributed by atoms with Crippen LogP contribution in [-0.2, 0) is 4.74 Å². The van der Waals surface area contributed by atoms with E-state index in [4.69, 9.17) is 4.74 Å². The summed E-state index contributed by atoms with van der Waals surface area (Å²) >= 11 is 1.66. The molecule has 0 bridgehead atoms. The van der Waals surface area contributed by atoms with Crippen LogP contribution in [0.4, 0.5) is 50.3 Å². The van der Waals surface area contributed by atoms with Gasteiger partial charge in [0.15, 0.2) is 0 Å². The van der Waals surface area contributed by atoms with Crippen LogP contribution in [0, 0.1) is 0 Å². The predicted octanol–water partition coefficient (Wildman–Crippen LogP) is 12.2. The van der Waals surface area contributed by atoms with Gasteiger partial charge in [-0.3, -0.25) is 0 Å².